The lowest BCUT2D eigenvalue weighted by molar-refractivity contribution is 0.657. The molecule has 4 atom stereocenters. The van der Waals surface area contributed by atoms with E-state index in [1.54, 1.807) is 0 Å². The van der Waals surface area contributed by atoms with Crippen LogP contribution >= 0.6 is 0 Å². The highest BCUT2D eigenvalue weighted by Gasteiger charge is 2.43. The largest absolute Gasteiger partial charge is 0.456 e. The van der Waals surface area contributed by atoms with Crippen LogP contribution in [0.5, 0.6) is 0 Å². The zero-order valence-electron chi connectivity index (χ0n) is 30.6. The smallest absolute Gasteiger partial charge is 0.145 e. The van der Waals surface area contributed by atoms with Crippen LogP contribution in [0.15, 0.2) is 191 Å². The Hall–Kier alpha value is -6.65. The SMILES string of the molecule is CC1=C(c2ccc3c(c2)oc2cc(N4c5ccccc5C5c6ccccc6C(C6C=CC=CC6)=CC54)ccc23)NC(c2ccccc2)N=C1c1ccccc1. The first kappa shape index (κ1) is 31.8. The van der Waals surface area contributed by atoms with Crippen LogP contribution in [0, 0.1) is 5.92 Å². The zero-order valence-corrected chi connectivity index (χ0v) is 30.6. The first-order valence-electron chi connectivity index (χ1n) is 19.3. The minimum absolute atomic E-state index is 0.153. The molecule has 55 heavy (non-hydrogen) atoms. The molecule has 4 unspecified atom stereocenters. The molecule has 0 radical (unpaired) electrons. The summed E-state index contributed by atoms with van der Waals surface area (Å²) in [5.41, 5.74) is 16.2. The van der Waals surface area contributed by atoms with Crippen molar-refractivity contribution in [2.75, 3.05) is 4.90 Å². The number of hydrogen-bond acceptors (Lipinski definition) is 4. The fourth-order valence-corrected chi connectivity index (χ4v) is 9.41. The third kappa shape index (κ3) is 5.16. The molecule has 0 bridgehead atoms. The lowest BCUT2D eigenvalue weighted by Gasteiger charge is -2.35. The molecular weight excluding hydrogens is 671 g/mol. The Morgan fingerprint density at radius 1 is 0.691 bits per heavy atom. The Bertz CT molecular complexity index is 2800. The second kappa shape index (κ2) is 12.7. The van der Waals surface area contributed by atoms with E-state index in [-0.39, 0.29) is 18.1 Å². The fraction of sp³-hybridized carbons (Fsp3) is 0.118. The van der Waals surface area contributed by atoms with Crippen molar-refractivity contribution in [2.45, 2.75) is 31.5 Å². The Kier molecular flexibility index (Phi) is 7.38. The minimum Gasteiger partial charge on any atom is -0.456 e. The first-order valence-corrected chi connectivity index (χ1v) is 19.3. The monoisotopic (exact) mass is 709 g/mol. The summed E-state index contributed by atoms with van der Waals surface area (Å²) in [6.07, 6.45) is 12.4. The fourth-order valence-electron chi connectivity index (χ4n) is 9.41. The van der Waals surface area contributed by atoms with Crippen LogP contribution in [0.4, 0.5) is 11.4 Å². The Balaban J connectivity index is 1.01. The van der Waals surface area contributed by atoms with Crippen LogP contribution in [0.3, 0.4) is 0 Å². The summed E-state index contributed by atoms with van der Waals surface area (Å²) in [6.45, 7) is 2.16. The van der Waals surface area contributed by atoms with Gasteiger partial charge in [0.05, 0.1) is 11.8 Å². The predicted octanol–water partition coefficient (Wildman–Crippen LogP) is 12.3. The standard InChI is InChI=1S/C51H39N3O/c1-32-49(34-17-7-3-8-18-34)52-51(35-19-9-4-10-20-35)53-50(32)36-25-27-39-40-28-26-37(30-47(40)55-46(39)29-36)54-44-24-14-13-23-42(44)48-41-22-12-11-21-38(41)43(31-45(48)54)33-15-5-2-6-16-33/h2-15,17-31,33,45,48,51,53H,16H2,1H3. The van der Waals surface area contributed by atoms with E-state index in [9.17, 15) is 0 Å². The predicted molar refractivity (Wildman–Crippen MR) is 227 cm³/mol. The number of rotatable bonds is 5. The average molecular weight is 710 g/mol. The molecule has 4 nitrogen and oxygen atoms in total. The molecule has 11 rings (SSSR count). The maximum atomic E-state index is 6.80. The second-order valence-corrected chi connectivity index (χ2v) is 15.1. The van der Waals surface area contributed by atoms with E-state index in [1.807, 2.05) is 6.07 Å². The second-order valence-electron chi connectivity index (χ2n) is 15.1. The lowest BCUT2D eigenvalue weighted by Crippen LogP contribution is -2.32. The van der Waals surface area contributed by atoms with Crippen molar-refractivity contribution in [1.29, 1.82) is 0 Å². The molecule has 1 aromatic heterocycles. The van der Waals surface area contributed by atoms with E-state index < -0.39 is 0 Å². The molecule has 264 valence electrons. The number of furan rings is 1. The third-order valence-corrected chi connectivity index (χ3v) is 12.0. The number of fused-ring (bicyclic) bond motifs is 8. The molecule has 2 aliphatic carbocycles. The highest BCUT2D eigenvalue weighted by atomic mass is 16.3. The summed E-state index contributed by atoms with van der Waals surface area (Å²) in [5.74, 6) is 0.608. The Labute approximate surface area is 321 Å². The number of para-hydroxylation sites is 1. The van der Waals surface area contributed by atoms with Gasteiger partial charge in [0.2, 0.25) is 0 Å². The minimum atomic E-state index is -0.205. The van der Waals surface area contributed by atoms with Crippen molar-refractivity contribution in [2.24, 2.45) is 10.9 Å². The van der Waals surface area contributed by atoms with Gasteiger partial charge < -0.3 is 14.6 Å². The number of nitrogens with zero attached hydrogens (tertiary/aromatic N) is 2. The van der Waals surface area contributed by atoms with E-state index in [2.05, 4.69) is 187 Å². The van der Waals surface area contributed by atoms with Gasteiger partial charge in [-0.15, -0.1) is 0 Å². The molecular formula is C51H39N3O. The number of anilines is 2. The van der Waals surface area contributed by atoms with Crippen molar-refractivity contribution in [3.63, 3.8) is 0 Å². The summed E-state index contributed by atoms with van der Waals surface area (Å²) < 4.78 is 6.80. The molecule has 0 amide bonds. The van der Waals surface area contributed by atoms with Gasteiger partial charge >= 0.3 is 0 Å². The maximum absolute atomic E-state index is 6.80. The molecule has 3 heterocycles. The van der Waals surface area contributed by atoms with Gasteiger partial charge in [-0.2, -0.15) is 0 Å². The number of hydrogen-bond donors (Lipinski definition) is 1. The third-order valence-electron chi connectivity index (χ3n) is 12.0. The van der Waals surface area contributed by atoms with Crippen molar-refractivity contribution < 1.29 is 4.42 Å². The molecule has 0 fully saturated rings. The first-order chi connectivity index (χ1) is 27.2. The van der Waals surface area contributed by atoms with E-state index in [1.165, 1.54) is 28.0 Å². The van der Waals surface area contributed by atoms with E-state index >= 15 is 0 Å². The highest BCUT2D eigenvalue weighted by molar-refractivity contribution is 6.17. The number of nitrogens with one attached hydrogen (secondary N) is 1. The molecule has 1 N–H and O–H groups in total. The van der Waals surface area contributed by atoms with Gasteiger partial charge in [-0.3, -0.25) is 4.99 Å². The van der Waals surface area contributed by atoms with Crippen molar-refractivity contribution >= 4 is 50.3 Å². The van der Waals surface area contributed by atoms with E-state index in [0.717, 1.165) is 67.7 Å². The highest BCUT2D eigenvalue weighted by Crippen LogP contribution is 2.54. The number of allylic oxidation sites excluding steroid dienone is 6. The van der Waals surface area contributed by atoms with Gasteiger partial charge in [-0.1, -0.05) is 140 Å². The van der Waals surface area contributed by atoms with Crippen molar-refractivity contribution in [1.82, 2.24) is 5.32 Å². The number of benzene rings is 6. The van der Waals surface area contributed by atoms with Crippen LogP contribution in [0.25, 0.3) is 33.2 Å². The summed E-state index contributed by atoms with van der Waals surface area (Å²) in [4.78, 5) is 7.77. The molecule has 4 aliphatic rings. The van der Waals surface area contributed by atoms with E-state index in [4.69, 9.17) is 9.41 Å². The summed E-state index contributed by atoms with van der Waals surface area (Å²) >= 11 is 0. The maximum Gasteiger partial charge on any atom is 0.145 e. The average Bonchev–Trinajstić information content (AvgIpc) is 3.79. The van der Waals surface area contributed by atoms with Gasteiger partial charge in [0.1, 0.15) is 17.3 Å². The molecule has 2 aliphatic heterocycles. The zero-order chi connectivity index (χ0) is 36.5. The summed E-state index contributed by atoms with van der Waals surface area (Å²) in [7, 11) is 0. The lowest BCUT2D eigenvalue weighted by atomic mass is 9.74. The number of aliphatic imine (C=N–C) groups is 1. The summed E-state index contributed by atoms with van der Waals surface area (Å²) in [5, 5.41) is 6.01. The Morgan fingerprint density at radius 3 is 2.24 bits per heavy atom. The van der Waals surface area contributed by atoms with Crippen molar-refractivity contribution in [3.05, 3.63) is 215 Å². The van der Waals surface area contributed by atoms with Gasteiger partial charge in [0.25, 0.3) is 0 Å². The molecule has 0 saturated heterocycles. The molecule has 7 aromatic rings. The van der Waals surface area contributed by atoms with Gasteiger partial charge in [-0.25, -0.2) is 0 Å². The van der Waals surface area contributed by atoms with E-state index in [0.29, 0.717) is 5.92 Å². The van der Waals surface area contributed by atoms with Gasteiger partial charge in [-0.05, 0) is 77.1 Å². The van der Waals surface area contributed by atoms with Gasteiger partial charge in [0, 0.05) is 56.9 Å². The Morgan fingerprint density at radius 2 is 1.42 bits per heavy atom. The topological polar surface area (TPSA) is 40.8 Å². The molecule has 0 spiro atoms. The summed E-state index contributed by atoms with van der Waals surface area (Å²) in [6, 6.07) is 52.5. The van der Waals surface area contributed by atoms with Crippen molar-refractivity contribution in [3.8, 4) is 0 Å². The quantitative estimate of drug-likeness (QED) is 0.193. The van der Waals surface area contributed by atoms with Crippen LogP contribution in [0.1, 0.15) is 58.8 Å². The molecule has 0 saturated carbocycles. The van der Waals surface area contributed by atoms with Crippen LogP contribution in [-0.2, 0) is 0 Å². The normalized spacial score (nSPS) is 21.2. The van der Waals surface area contributed by atoms with Crippen LogP contribution in [0.2, 0.25) is 0 Å². The van der Waals surface area contributed by atoms with Crippen LogP contribution in [-0.4, -0.2) is 11.8 Å². The molecule has 6 aromatic carbocycles. The van der Waals surface area contributed by atoms with Crippen LogP contribution < -0.4 is 10.2 Å². The van der Waals surface area contributed by atoms with Gasteiger partial charge in [0.15, 0.2) is 0 Å². The molecule has 4 heteroatoms.